The lowest BCUT2D eigenvalue weighted by atomic mass is 9.86. The Morgan fingerprint density at radius 1 is 1.19 bits per heavy atom. The summed E-state index contributed by atoms with van der Waals surface area (Å²) in [7, 11) is 0. The standard InChI is InChI=1S/C35H43FN4O7/c1-6-35(45)25-13-28-31-23(15-40(28)33(43)24(25)16-47-34(35)44)21(22-11-19(4)26(36)14-27(22)39-31)9-7-8-10-46-17-38-32(42)20(5)12-29(41)30(37)18(2)3/h11,13-14,18,20,30,45H,6-10,12,15-17,37H2,1-5H3,(H,38,42)/t20-,30+,35+/m1/s1. The van der Waals surface area contributed by atoms with Crippen LogP contribution in [0.3, 0.4) is 0 Å². The Hall–Kier alpha value is -4.00. The van der Waals surface area contributed by atoms with Gasteiger partial charge < -0.3 is 30.2 Å². The summed E-state index contributed by atoms with van der Waals surface area (Å²) < 4.78 is 27.1. The third-order valence-corrected chi connectivity index (χ3v) is 9.44. The highest BCUT2D eigenvalue weighted by atomic mass is 19.1. The molecule has 5 rings (SSSR count). The van der Waals surface area contributed by atoms with Gasteiger partial charge in [-0.2, -0.15) is 0 Å². The van der Waals surface area contributed by atoms with E-state index < -0.39 is 29.3 Å². The van der Waals surface area contributed by atoms with E-state index in [9.17, 15) is 28.7 Å². The highest BCUT2D eigenvalue weighted by molar-refractivity contribution is 5.90. The first-order chi connectivity index (χ1) is 22.3. The number of rotatable bonds is 13. The SMILES string of the molecule is CC[C@@]1(O)C(=O)OCc2c1cc1n(c2=O)Cc2c-1nc1cc(F)c(C)cc1c2CCCCOCNC(=O)[C@H](C)CC(=O)[C@@H](N)C(C)C. The first-order valence-electron chi connectivity index (χ1n) is 16.2. The molecule has 2 aliphatic rings. The van der Waals surface area contributed by atoms with Crippen LogP contribution >= 0.6 is 0 Å². The molecule has 0 radical (unpaired) electrons. The summed E-state index contributed by atoms with van der Waals surface area (Å²) in [5.41, 5.74) is 7.77. The fraction of sp³-hybridized carbons (Fsp3) is 0.514. The van der Waals surface area contributed by atoms with Crippen molar-refractivity contribution in [3.8, 4) is 11.4 Å². The molecular weight excluding hydrogens is 607 g/mol. The smallest absolute Gasteiger partial charge is 0.343 e. The molecule has 47 heavy (non-hydrogen) atoms. The zero-order valence-electron chi connectivity index (χ0n) is 27.6. The van der Waals surface area contributed by atoms with Gasteiger partial charge >= 0.3 is 5.97 Å². The van der Waals surface area contributed by atoms with E-state index in [1.807, 2.05) is 13.8 Å². The van der Waals surface area contributed by atoms with Gasteiger partial charge in [0.2, 0.25) is 5.91 Å². The minimum absolute atomic E-state index is 0.00499. The van der Waals surface area contributed by atoms with Crippen LogP contribution in [0.1, 0.15) is 81.2 Å². The van der Waals surface area contributed by atoms with E-state index in [-0.39, 0.29) is 67.0 Å². The molecule has 3 atom stereocenters. The molecule has 0 saturated heterocycles. The maximum absolute atomic E-state index is 14.7. The van der Waals surface area contributed by atoms with Crippen molar-refractivity contribution in [2.75, 3.05) is 13.3 Å². The summed E-state index contributed by atoms with van der Waals surface area (Å²) in [5, 5.41) is 14.7. The van der Waals surface area contributed by atoms with Gasteiger partial charge in [0.05, 0.1) is 35.1 Å². The van der Waals surface area contributed by atoms with Crippen molar-refractivity contribution < 1.29 is 33.4 Å². The molecule has 4 N–H and O–H groups in total. The Morgan fingerprint density at radius 3 is 2.64 bits per heavy atom. The summed E-state index contributed by atoms with van der Waals surface area (Å²) >= 11 is 0. The molecule has 12 heteroatoms. The highest BCUT2D eigenvalue weighted by Crippen LogP contribution is 2.40. The monoisotopic (exact) mass is 650 g/mol. The lowest BCUT2D eigenvalue weighted by molar-refractivity contribution is -0.172. The largest absolute Gasteiger partial charge is 0.458 e. The number of fused-ring (bicyclic) bond motifs is 5. The van der Waals surface area contributed by atoms with Crippen LogP contribution in [0.2, 0.25) is 0 Å². The number of nitrogens with two attached hydrogens (primary N) is 1. The number of carbonyl (C=O) groups is 3. The number of benzene rings is 1. The van der Waals surface area contributed by atoms with Crippen LogP contribution in [-0.4, -0.2) is 51.7 Å². The lowest BCUT2D eigenvalue weighted by Crippen LogP contribution is -2.44. The average Bonchev–Trinajstić information content (AvgIpc) is 3.40. The number of nitrogens with one attached hydrogen (secondary N) is 1. The molecule has 2 aliphatic heterocycles. The number of aryl methyl sites for hydroxylation is 2. The molecular formula is C35H43FN4O7. The molecule has 252 valence electrons. The number of aromatic nitrogens is 2. The third-order valence-electron chi connectivity index (χ3n) is 9.44. The molecule has 0 unspecified atom stereocenters. The fourth-order valence-corrected chi connectivity index (χ4v) is 6.35. The number of Topliss-reactive ketones (excluding diaryl/α,β-unsaturated/α-hetero) is 1. The van der Waals surface area contributed by atoms with Gasteiger partial charge in [0.1, 0.15) is 19.2 Å². The predicted molar refractivity (Wildman–Crippen MR) is 173 cm³/mol. The van der Waals surface area contributed by atoms with Crippen molar-refractivity contribution in [3.63, 3.8) is 0 Å². The van der Waals surface area contributed by atoms with Crippen LogP contribution in [0.15, 0.2) is 23.0 Å². The maximum atomic E-state index is 14.7. The normalized spacial score (nSPS) is 18.0. The van der Waals surface area contributed by atoms with Crippen LogP contribution in [0.4, 0.5) is 4.39 Å². The summed E-state index contributed by atoms with van der Waals surface area (Å²) in [5.74, 6) is -2.12. The summed E-state index contributed by atoms with van der Waals surface area (Å²) in [6.45, 7) is 9.18. The molecule has 4 heterocycles. The summed E-state index contributed by atoms with van der Waals surface area (Å²) in [6.07, 6.45) is 2.07. The number of nitrogens with zero attached hydrogens (tertiary/aromatic N) is 2. The first kappa shape index (κ1) is 34.3. The minimum Gasteiger partial charge on any atom is -0.458 e. The number of unbranched alkanes of at least 4 members (excludes halogenated alkanes) is 1. The van der Waals surface area contributed by atoms with Gasteiger partial charge in [-0.25, -0.2) is 14.2 Å². The highest BCUT2D eigenvalue weighted by Gasteiger charge is 2.45. The zero-order valence-corrected chi connectivity index (χ0v) is 27.6. The van der Waals surface area contributed by atoms with Crippen LogP contribution in [0, 0.1) is 24.6 Å². The van der Waals surface area contributed by atoms with E-state index in [1.54, 1.807) is 37.5 Å². The number of carbonyl (C=O) groups excluding carboxylic acids is 3. The molecule has 1 aromatic carbocycles. The first-order valence-corrected chi connectivity index (χ1v) is 16.2. The molecule has 0 fully saturated rings. The Balaban J connectivity index is 1.30. The molecule has 11 nitrogen and oxygen atoms in total. The van der Waals surface area contributed by atoms with Gasteiger partial charge in [0.15, 0.2) is 11.4 Å². The zero-order chi connectivity index (χ0) is 34.2. The Morgan fingerprint density at radius 2 is 1.94 bits per heavy atom. The number of hydrogen-bond acceptors (Lipinski definition) is 9. The van der Waals surface area contributed by atoms with Crippen molar-refractivity contribution in [3.05, 3.63) is 62.2 Å². The number of ether oxygens (including phenoxy) is 2. The van der Waals surface area contributed by atoms with Crippen molar-refractivity contribution in [2.45, 2.75) is 91.5 Å². The van der Waals surface area contributed by atoms with E-state index in [4.69, 9.17) is 20.2 Å². The van der Waals surface area contributed by atoms with E-state index >= 15 is 0 Å². The van der Waals surface area contributed by atoms with Crippen molar-refractivity contribution in [1.29, 1.82) is 0 Å². The molecule has 0 bridgehead atoms. The Labute approximate surface area is 272 Å². The second kappa shape index (κ2) is 13.6. The van der Waals surface area contributed by atoms with Gasteiger partial charge in [0.25, 0.3) is 5.56 Å². The van der Waals surface area contributed by atoms with Crippen molar-refractivity contribution >= 4 is 28.6 Å². The van der Waals surface area contributed by atoms with Gasteiger partial charge in [-0.15, -0.1) is 0 Å². The predicted octanol–water partition coefficient (Wildman–Crippen LogP) is 3.52. The molecule has 1 amide bonds. The average molecular weight is 651 g/mol. The quantitative estimate of drug-likeness (QED) is 0.112. The van der Waals surface area contributed by atoms with E-state index in [0.717, 1.165) is 16.5 Å². The van der Waals surface area contributed by atoms with Crippen LogP contribution in [0.25, 0.3) is 22.3 Å². The van der Waals surface area contributed by atoms with E-state index in [1.165, 1.54) is 6.07 Å². The number of esters is 1. The number of aliphatic hydroxyl groups is 1. The van der Waals surface area contributed by atoms with Crippen LogP contribution in [0.5, 0.6) is 0 Å². The Kier molecular flexibility index (Phi) is 9.95. The summed E-state index contributed by atoms with van der Waals surface area (Å²) in [6, 6.07) is 4.23. The van der Waals surface area contributed by atoms with Crippen LogP contribution in [-0.2, 0) is 49.0 Å². The molecule has 0 aliphatic carbocycles. The molecule has 2 aromatic heterocycles. The fourth-order valence-electron chi connectivity index (χ4n) is 6.35. The number of cyclic esters (lactones) is 1. The lowest BCUT2D eigenvalue weighted by Gasteiger charge is -2.31. The molecule has 3 aromatic rings. The summed E-state index contributed by atoms with van der Waals surface area (Å²) in [4.78, 5) is 55.6. The topological polar surface area (TPSA) is 163 Å². The number of halogens is 1. The van der Waals surface area contributed by atoms with Gasteiger partial charge in [-0.1, -0.05) is 27.7 Å². The van der Waals surface area contributed by atoms with Gasteiger partial charge in [-0.3, -0.25) is 14.4 Å². The second-order valence-corrected chi connectivity index (χ2v) is 13.0. The third kappa shape index (κ3) is 6.46. The Bertz CT molecular complexity index is 1800. The van der Waals surface area contributed by atoms with E-state index in [0.29, 0.717) is 48.3 Å². The van der Waals surface area contributed by atoms with Gasteiger partial charge in [-0.05, 0) is 61.8 Å². The maximum Gasteiger partial charge on any atom is 0.343 e. The van der Waals surface area contributed by atoms with Crippen molar-refractivity contribution in [2.24, 2.45) is 17.6 Å². The number of amides is 1. The number of pyridine rings is 2. The van der Waals surface area contributed by atoms with Crippen molar-refractivity contribution in [1.82, 2.24) is 14.9 Å². The van der Waals surface area contributed by atoms with E-state index in [2.05, 4.69) is 5.32 Å². The molecule has 0 saturated carbocycles. The molecule has 0 spiro atoms. The van der Waals surface area contributed by atoms with Crippen LogP contribution < -0.4 is 16.6 Å². The van der Waals surface area contributed by atoms with Gasteiger partial charge in [0, 0.05) is 41.5 Å². The second-order valence-electron chi connectivity index (χ2n) is 13.0. The number of ketones is 1. The minimum atomic E-state index is -1.94. The number of hydrogen-bond donors (Lipinski definition) is 3.